The molecule has 0 radical (unpaired) electrons. The number of non-ortho nitro benzene ring substituents is 1. The van der Waals surface area contributed by atoms with Crippen molar-refractivity contribution in [2.75, 3.05) is 6.61 Å². The van der Waals surface area contributed by atoms with Crippen molar-refractivity contribution in [1.29, 1.82) is 0 Å². The van der Waals surface area contributed by atoms with Gasteiger partial charge in [-0.15, -0.1) is 0 Å². The van der Waals surface area contributed by atoms with Gasteiger partial charge in [0.05, 0.1) is 33.6 Å². The fourth-order valence-electron chi connectivity index (χ4n) is 3.87. The third-order valence-electron chi connectivity index (χ3n) is 5.76. The maximum Gasteiger partial charge on any atom is 0.315 e. The molecule has 0 saturated heterocycles. The first-order valence-electron chi connectivity index (χ1n) is 12.2. The van der Waals surface area contributed by atoms with Gasteiger partial charge in [-0.25, -0.2) is 4.98 Å². The topological polar surface area (TPSA) is 152 Å². The Morgan fingerprint density at radius 2 is 1.77 bits per heavy atom. The molecule has 206 valence electrons. The predicted molar refractivity (Wildman–Crippen MR) is 152 cm³/mol. The second kappa shape index (κ2) is 12.0. The Kier molecular flexibility index (Phi) is 8.53. The first-order chi connectivity index (χ1) is 19.1. The molecule has 0 atom stereocenters. The highest BCUT2D eigenvalue weighted by Gasteiger charge is 2.23. The number of ether oxygens (including phenoxy) is 2. The van der Waals surface area contributed by atoms with Crippen molar-refractivity contribution in [3.05, 3.63) is 107 Å². The molecule has 1 aromatic heterocycles. The van der Waals surface area contributed by atoms with Crippen LogP contribution in [0.2, 0.25) is 0 Å². The lowest BCUT2D eigenvalue weighted by atomic mass is 10.1. The molecule has 0 aliphatic rings. The van der Waals surface area contributed by atoms with Crippen LogP contribution in [0.25, 0.3) is 10.9 Å². The van der Waals surface area contributed by atoms with E-state index in [9.17, 15) is 25.0 Å². The second-order valence-corrected chi connectivity index (χ2v) is 9.83. The van der Waals surface area contributed by atoms with Crippen LogP contribution in [0, 0.1) is 20.2 Å². The largest absolute Gasteiger partial charge is 0.490 e. The van der Waals surface area contributed by atoms with Gasteiger partial charge in [-0.3, -0.25) is 25.0 Å². The normalized spacial score (nSPS) is 11.3. The van der Waals surface area contributed by atoms with E-state index < -0.39 is 9.85 Å². The third kappa shape index (κ3) is 6.15. The van der Waals surface area contributed by atoms with E-state index in [0.717, 1.165) is 0 Å². The van der Waals surface area contributed by atoms with E-state index in [-0.39, 0.29) is 47.6 Å². The van der Waals surface area contributed by atoms with Crippen molar-refractivity contribution in [2.24, 2.45) is 5.10 Å². The number of hydrogen-bond donors (Lipinski definition) is 0. The van der Waals surface area contributed by atoms with Crippen molar-refractivity contribution in [3.8, 4) is 11.5 Å². The molecular weight excluding hydrogens is 586 g/mol. The molecule has 4 rings (SSSR count). The van der Waals surface area contributed by atoms with Gasteiger partial charge in [0.15, 0.2) is 5.75 Å². The SMILES string of the molecule is CCOc1cc(C=Nn2c(C(C)C)nc3ccc(Br)cc3c2=O)cc([N+](=O)[O-])c1OCc1ccc([N+](=O)[O-])cc1. The number of fused-ring (bicyclic) bond motifs is 1. The minimum Gasteiger partial charge on any atom is -0.490 e. The molecule has 40 heavy (non-hydrogen) atoms. The molecular formula is C27H24BrN5O7. The van der Waals surface area contributed by atoms with Crippen molar-refractivity contribution in [3.63, 3.8) is 0 Å². The van der Waals surface area contributed by atoms with Gasteiger partial charge in [-0.1, -0.05) is 29.8 Å². The van der Waals surface area contributed by atoms with Gasteiger partial charge in [0.2, 0.25) is 5.75 Å². The van der Waals surface area contributed by atoms with Crippen LogP contribution in [-0.4, -0.2) is 32.3 Å². The lowest BCUT2D eigenvalue weighted by molar-refractivity contribution is -0.386. The van der Waals surface area contributed by atoms with E-state index in [4.69, 9.17) is 9.47 Å². The number of nitrogens with zero attached hydrogens (tertiary/aromatic N) is 5. The summed E-state index contributed by atoms with van der Waals surface area (Å²) in [5.74, 6) is 0.303. The first-order valence-corrected chi connectivity index (χ1v) is 13.0. The van der Waals surface area contributed by atoms with E-state index in [0.29, 0.717) is 32.3 Å². The summed E-state index contributed by atoms with van der Waals surface area (Å²) in [7, 11) is 0. The molecule has 0 amide bonds. The molecule has 0 fully saturated rings. The van der Waals surface area contributed by atoms with Gasteiger partial charge in [0, 0.05) is 34.2 Å². The van der Waals surface area contributed by atoms with Gasteiger partial charge in [-0.2, -0.15) is 9.78 Å². The monoisotopic (exact) mass is 609 g/mol. The van der Waals surface area contributed by atoms with E-state index in [2.05, 4.69) is 26.0 Å². The molecule has 12 nitrogen and oxygen atoms in total. The van der Waals surface area contributed by atoms with Gasteiger partial charge < -0.3 is 9.47 Å². The molecule has 0 aliphatic carbocycles. The van der Waals surface area contributed by atoms with E-state index in [1.165, 1.54) is 47.3 Å². The smallest absolute Gasteiger partial charge is 0.315 e. The van der Waals surface area contributed by atoms with E-state index >= 15 is 0 Å². The summed E-state index contributed by atoms with van der Waals surface area (Å²) >= 11 is 3.37. The van der Waals surface area contributed by atoms with Crippen LogP contribution in [0.3, 0.4) is 0 Å². The summed E-state index contributed by atoms with van der Waals surface area (Å²) in [4.78, 5) is 39.7. The summed E-state index contributed by atoms with van der Waals surface area (Å²) in [5, 5.41) is 27.6. The van der Waals surface area contributed by atoms with Crippen LogP contribution in [0.15, 0.2) is 69.0 Å². The molecule has 0 unspecified atom stereocenters. The number of nitro groups is 2. The van der Waals surface area contributed by atoms with E-state index in [1.54, 1.807) is 25.1 Å². The molecule has 0 saturated carbocycles. The standard InChI is InChI=1S/C27H24BrN5O7/c1-4-39-24-12-18(11-23(33(37)38)25(24)40-15-17-5-8-20(9-6-17)32(35)36)14-29-31-26(16(2)3)30-22-10-7-19(28)13-21(22)27(31)34/h5-14,16H,4,15H2,1-3H3. The average Bonchev–Trinajstić information content (AvgIpc) is 2.92. The van der Waals surface area contributed by atoms with Gasteiger partial charge >= 0.3 is 5.69 Å². The Morgan fingerprint density at radius 1 is 1.05 bits per heavy atom. The minimum absolute atomic E-state index is 0.0812. The Bertz CT molecular complexity index is 1680. The number of hydrogen-bond acceptors (Lipinski definition) is 9. The fourth-order valence-corrected chi connectivity index (χ4v) is 4.23. The molecule has 0 aliphatic heterocycles. The minimum atomic E-state index is -0.605. The van der Waals surface area contributed by atoms with Crippen molar-refractivity contribution < 1.29 is 19.3 Å². The Balaban J connectivity index is 1.74. The lowest BCUT2D eigenvalue weighted by Gasteiger charge is -2.14. The predicted octanol–water partition coefficient (Wildman–Crippen LogP) is 5.96. The average molecular weight is 610 g/mol. The van der Waals surface area contributed by atoms with E-state index in [1.807, 2.05) is 13.8 Å². The van der Waals surface area contributed by atoms with Crippen LogP contribution in [-0.2, 0) is 6.61 Å². The fraction of sp³-hybridized carbons (Fsp3) is 0.222. The highest BCUT2D eigenvalue weighted by molar-refractivity contribution is 9.10. The van der Waals surface area contributed by atoms with Crippen molar-refractivity contribution in [1.82, 2.24) is 9.66 Å². The van der Waals surface area contributed by atoms with Gasteiger partial charge in [0.25, 0.3) is 11.2 Å². The first kappa shape index (κ1) is 28.4. The van der Waals surface area contributed by atoms with Crippen LogP contribution in [0.1, 0.15) is 43.6 Å². The quantitative estimate of drug-likeness (QED) is 0.121. The van der Waals surface area contributed by atoms with Crippen molar-refractivity contribution >= 4 is 44.4 Å². The lowest BCUT2D eigenvalue weighted by Crippen LogP contribution is -2.23. The van der Waals surface area contributed by atoms with Gasteiger partial charge in [0.1, 0.15) is 12.4 Å². The molecule has 4 aromatic rings. The zero-order valence-electron chi connectivity index (χ0n) is 21.7. The molecule has 0 spiro atoms. The number of benzene rings is 3. The highest BCUT2D eigenvalue weighted by atomic mass is 79.9. The Hall–Kier alpha value is -4.65. The summed E-state index contributed by atoms with van der Waals surface area (Å²) in [6, 6.07) is 13.7. The maximum atomic E-state index is 13.3. The molecule has 1 heterocycles. The number of aromatic nitrogens is 2. The Labute approximate surface area is 236 Å². The summed E-state index contributed by atoms with van der Waals surface area (Å²) in [6.07, 6.45) is 1.33. The summed E-state index contributed by atoms with van der Waals surface area (Å²) < 4.78 is 13.3. The number of halogens is 1. The van der Waals surface area contributed by atoms with Crippen LogP contribution in [0.5, 0.6) is 11.5 Å². The molecule has 13 heteroatoms. The summed E-state index contributed by atoms with van der Waals surface area (Å²) in [5.41, 5.74) is 0.576. The zero-order chi connectivity index (χ0) is 29.0. The third-order valence-corrected chi connectivity index (χ3v) is 6.25. The summed E-state index contributed by atoms with van der Waals surface area (Å²) in [6.45, 7) is 5.60. The van der Waals surface area contributed by atoms with Gasteiger partial charge in [-0.05, 0) is 48.9 Å². The molecule has 0 bridgehead atoms. The second-order valence-electron chi connectivity index (χ2n) is 8.92. The Morgan fingerprint density at radius 3 is 2.40 bits per heavy atom. The van der Waals surface area contributed by atoms with Crippen LogP contribution in [0.4, 0.5) is 11.4 Å². The van der Waals surface area contributed by atoms with Crippen LogP contribution < -0.4 is 15.0 Å². The zero-order valence-corrected chi connectivity index (χ0v) is 23.3. The highest BCUT2D eigenvalue weighted by Crippen LogP contribution is 2.39. The van der Waals surface area contributed by atoms with Crippen LogP contribution >= 0.6 is 15.9 Å². The van der Waals surface area contributed by atoms with Crippen molar-refractivity contribution in [2.45, 2.75) is 33.3 Å². The maximum absolute atomic E-state index is 13.3. The molecule has 3 aromatic carbocycles. The number of rotatable bonds is 10. The number of nitro benzene ring substituents is 2. The molecule has 0 N–H and O–H groups in total.